The lowest BCUT2D eigenvalue weighted by Gasteiger charge is -2.08. The number of furan rings is 1. The van der Waals surface area contributed by atoms with E-state index in [0.717, 1.165) is 10.9 Å². The van der Waals surface area contributed by atoms with Gasteiger partial charge >= 0.3 is 0 Å². The number of aryl methyl sites for hydroxylation is 1. The molecule has 132 valence electrons. The molecule has 2 heterocycles. The van der Waals surface area contributed by atoms with Crippen LogP contribution in [0.3, 0.4) is 0 Å². The largest absolute Gasteiger partial charge is 0.466 e. The molecule has 1 aromatic carbocycles. The third-order valence-electron chi connectivity index (χ3n) is 3.63. The minimum absolute atomic E-state index is 0.0429. The summed E-state index contributed by atoms with van der Waals surface area (Å²) in [6.07, 6.45) is 0.594. The molecule has 3 aromatic rings. The standard InChI is InChI=1S/C17H16FNO4S2/c1-11-9-12(18)4-7-16(11)25(21,22)19-10-13-5-6-15(24-13)17(20)14-3-2-8-23-14/h2-9,17,19-20H,10H2,1H3/t17-/m1/s1. The molecular formula is C17H16FNO4S2. The first-order valence-corrected chi connectivity index (χ1v) is 9.73. The molecule has 0 aliphatic rings. The van der Waals surface area contributed by atoms with Gasteiger partial charge in [-0.3, -0.25) is 0 Å². The van der Waals surface area contributed by atoms with Gasteiger partial charge in [0, 0.05) is 16.3 Å². The number of aliphatic hydroxyl groups is 1. The maximum atomic E-state index is 13.1. The molecule has 2 N–H and O–H groups in total. The van der Waals surface area contributed by atoms with Gasteiger partial charge in [0.1, 0.15) is 17.7 Å². The second-order valence-electron chi connectivity index (χ2n) is 5.46. The van der Waals surface area contributed by atoms with Gasteiger partial charge in [-0.2, -0.15) is 0 Å². The predicted molar refractivity (Wildman–Crippen MR) is 92.3 cm³/mol. The third kappa shape index (κ3) is 3.98. The minimum Gasteiger partial charge on any atom is -0.466 e. The van der Waals surface area contributed by atoms with Crippen molar-refractivity contribution in [1.82, 2.24) is 4.72 Å². The minimum atomic E-state index is -3.75. The molecule has 0 bridgehead atoms. The Kier molecular flexibility index (Phi) is 5.05. The highest BCUT2D eigenvalue weighted by Gasteiger charge is 2.19. The molecule has 3 rings (SSSR count). The zero-order valence-electron chi connectivity index (χ0n) is 13.3. The predicted octanol–water partition coefficient (Wildman–Crippen LogP) is 3.35. The van der Waals surface area contributed by atoms with Crippen LogP contribution in [0.4, 0.5) is 4.39 Å². The highest BCUT2D eigenvalue weighted by molar-refractivity contribution is 7.89. The smallest absolute Gasteiger partial charge is 0.241 e. The number of benzene rings is 1. The van der Waals surface area contributed by atoms with Gasteiger partial charge in [-0.15, -0.1) is 11.3 Å². The number of nitrogens with one attached hydrogen (secondary N) is 1. The van der Waals surface area contributed by atoms with Crippen molar-refractivity contribution in [3.63, 3.8) is 0 Å². The Labute approximate surface area is 148 Å². The second-order valence-corrected chi connectivity index (χ2v) is 8.39. The van der Waals surface area contributed by atoms with Crippen molar-refractivity contribution < 1.29 is 22.3 Å². The fraction of sp³-hybridized carbons (Fsp3) is 0.176. The van der Waals surface area contributed by atoms with Crippen LogP contribution in [-0.4, -0.2) is 13.5 Å². The summed E-state index contributed by atoms with van der Waals surface area (Å²) in [6.45, 7) is 1.62. The van der Waals surface area contributed by atoms with E-state index in [1.54, 1.807) is 31.2 Å². The molecule has 0 unspecified atom stereocenters. The molecule has 0 fully saturated rings. The molecule has 5 nitrogen and oxygen atoms in total. The Morgan fingerprint density at radius 1 is 1.28 bits per heavy atom. The van der Waals surface area contributed by atoms with E-state index < -0.39 is 21.9 Å². The molecule has 8 heteroatoms. The van der Waals surface area contributed by atoms with Gasteiger partial charge in [-0.05, 0) is 55.0 Å². The fourth-order valence-corrected chi connectivity index (χ4v) is 4.65. The maximum Gasteiger partial charge on any atom is 0.241 e. The van der Waals surface area contributed by atoms with Gasteiger partial charge in [-0.1, -0.05) is 0 Å². The van der Waals surface area contributed by atoms with E-state index in [0.29, 0.717) is 16.2 Å². The summed E-state index contributed by atoms with van der Waals surface area (Å²) >= 11 is 1.28. The number of thiophene rings is 1. The van der Waals surface area contributed by atoms with Gasteiger partial charge < -0.3 is 9.52 Å². The first-order chi connectivity index (χ1) is 11.9. The fourth-order valence-electron chi connectivity index (χ4n) is 2.38. The molecule has 0 radical (unpaired) electrons. The van der Waals surface area contributed by atoms with Crippen molar-refractivity contribution in [2.24, 2.45) is 0 Å². The lowest BCUT2D eigenvalue weighted by Crippen LogP contribution is -2.23. The molecule has 1 atom stereocenters. The molecule has 2 aromatic heterocycles. The zero-order chi connectivity index (χ0) is 18.0. The normalized spacial score (nSPS) is 13.1. The van der Waals surface area contributed by atoms with E-state index in [9.17, 15) is 17.9 Å². The Hall–Kier alpha value is -2.00. The Balaban J connectivity index is 1.71. The number of aliphatic hydroxyl groups excluding tert-OH is 1. The van der Waals surface area contributed by atoms with Crippen LogP contribution in [0.1, 0.15) is 27.2 Å². The molecule has 0 spiro atoms. The lowest BCUT2D eigenvalue weighted by atomic mass is 10.2. The number of sulfonamides is 1. The van der Waals surface area contributed by atoms with Crippen LogP contribution >= 0.6 is 11.3 Å². The van der Waals surface area contributed by atoms with Crippen LogP contribution in [0.15, 0.2) is 58.0 Å². The highest BCUT2D eigenvalue weighted by atomic mass is 32.2. The van der Waals surface area contributed by atoms with Gasteiger partial charge in [0.05, 0.1) is 11.2 Å². The van der Waals surface area contributed by atoms with E-state index in [1.165, 1.54) is 29.7 Å². The summed E-state index contributed by atoms with van der Waals surface area (Å²) < 4.78 is 45.5. The molecule has 0 aliphatic heterocycles. The van der Waals surface area contributed by atoms with Crippen LogP contribution < -0.4 is 4.72 Å². The number of hydrogen-bond donors (Lipinski definition) is 2. The Morgan fingerprint density at radius 3 is 2.76 bits per heavy atom. The monoisotopic (exact) mass is 381 g/mol. The summed E-state index contributed by atoms with van der Waals surface area (Å²) in [6, 6.07) is 10.4. The van der Waals surface area contributed by atoms with Crippen molar-refractivity contribution in [3.05, 3.63) is 75.6 Å². The van der Waals surface area contributed by atoms with E-state index in [1.807, 2.05) is 0 Å². The van der Waals surface area contributed by atoms with E-state index >= 15 is 0 Å². The van der Waals surface area contributed by atoms with Crippen LogP contribution in [0.25, 0.3) is 0 Å². The van der Waals surface area contributed by atoms with Crippen molar-refractivity contribution in [2.75, 3.05) is 0 Å². The molecule has 0 saturated carbocycles. The van der Waals surface area contributed by atoms with Crippen LogP contribution in [0.2, 0.25) is 0 Å². The molecule has 0 aliphatic carbocycles. The van der Waals surface area contributed by atoms with Gasteiger partial charge in [0.25, 0.3) is 0 Å². The second kappa shape index (κ2) is 7.09. The SMILES string of the molecule is Cc1cc(F)ccc1S(=O)(=O)NCc1ccc([C@H](O)c2ccco2)s1. The first-order valence-electron chi connectivity index (χ1n) is 7.43. The highest BCUT2D eigenvalue weighted by Crippen LogP contribution is 2.29. The van der Waals surface area contributed by atoms with Crippen LogP contribution in [0, 0.1) is 12.7 Å². The summed E-state index contributed by atoms with van der Waals surface area (Å²) in [4.78, 5) is 1.44. The van der Waals surface area contributed by atoms with E-state index in [-0.39, 0.29) is 11.4 Å². The summed E-state index contributed by atoms with van der Waals surface area (Å²) in [5, 5.41) is 10.2. The summed E-state index contributed by atoms with van der Waals surface area (Å²) in [5.74, 6) is -0.0535. The van der Waals surface area contributed by atoms with Gasteiger partial charge in [0.2, 0.25) is 10.0 Å². The zero-order valence-corrected chi connectivity index (χ0v) is 14.9. The quantitative estimate of drug-likeness (QED) is 0.686. The van der Waals surface area contributed by atoms with Crippen LogP contribution in [-0.2, 0) is 16.6 Å². The maximum absolute atomic E-state index is 13.1. The number of hydrogen-bond acceptors (Lipinski definition) is 5. The van der Waals surface area contributed by atoms with Gasteiger partial charge in [0.15, 0.2) is 0 Å². The molecule has 25 heavy (non-hydrogen) atoms. The summed E-state index contributed by atoms with van der Waals surface area (Å²) in [7, 11) is -3.75. The van der Waals surface area contributed by atoms with Crippen molar-refractivity contribution in [2.45, 2.75) is 24.5 Å². The Morgan fingerprint density at radius 2 is 2.08 bits per heavy atom. The number of rotatable bonds is 6. The topological polar surface area (TPSA) is 79.5 Å². The van der Waals surface area contributed by atoms with Crippen LogP contribution in [0.5, 0.6) is 0 Å². The van der Waals surface area contributed by atoms with Crippen molar-refractivity contribution in [3.8, 4) is 0 Å². The van der Waals surface area contributed by atoms with Gasteiger partial charge in [-0.25, -0.2) is 17.5 Å². The average Bonchev–Trinajstić information content (AvgIpc) is 3.24. The van der Waals surface area contributed by atoms with Crippen molar-refractivity contribution >= 4 is 21.4 Å². The average molecular weight is 381 g/mol. The molecular weight excluding hydrogens is 365 g/mol. The number of halogens is 1. The Bertz CT molecular complexity index is 964. The first kappa shape index (κ1) is 17.8. The molecule has 0 saturated heterocycles. The summed E-state index contributed by atoms with van der Waals surface area (Å²) in [5.41, 5.74) is 0.340. The third-order valence-corrected chi connectivity index (χ3v) is 6.33. The van der Waals surface area contributed by atoms with E-state index in [2.05, 4.69) is 4.72 Å². The van der Waals surface area contributed by atoms with E-state index in [4.69, 9.17) is 4.42 Å². The molecule has 0 amide bonds. The lowest BCUT2D eigenvalue weighted by molar-refractivity contribution is 0.193. The van der Waals surface area contributed by atoms with Crippen molar-refractivity contribution in [1.29, 1.82) is 0 Å².